The molecular formula is C12H23NO4S. The van der Waals surface area contributed by atoms with Crippen LogP contribution < -0.4 is 5.32 Å². The number of rotatable bonds is 7. The molecule has 18 heavy (non-hydrogen) atoms. The number of hydrogen-bond acceptors (Lipinski definition) is 5. The smallest absolute Gasteiger partial charge is 0.306 e. The van der Waals surface area contributed by atoms with Gasteiger partial charge < -0.3 is 10.1 Å². The summed E-state index contributed by atoms with van der Waals surface area (Å²) >= 11 is 0. The van der Waals surface area contributed by atoms with Crippen molar-refractivity contribution in [3.63, 3.8) is 0 Å². The molecule has 5 nitrogen and oxygen atoms in total. The van der Waals surface area contributed by atoms with E-state index >= 15 is 0 Å². The zero-order valence-corrected chi connectivity index (χ0v) is 12.3. The summed E-state index contributed by atoms with van der Waals surface area (Å²) in [4.78, 5) is 11.3. The van der Waals surface area contributed by atoms with Gasteiger partial charge in [0.2, 0.25) is 0 Å². The molecule has 0 bridgehead atoms. The molecule has 0 aromatic carbocycles. The van der Waals surface area contributed by atoms with E-state index in [1.54, 1.807) is 14.0 Å². The summed E-state index contributed by atoms with van der Waals surface area (Å²) in [5, 5.41) is 2.51. The fourth-order valence-electron chi connectivity index (χ4n) is 2.03. The molecule has 0 spiro atoms. The van der Waals surface area contributed by atoms with Crippen molar-refractivity contribution in [2.24, 2.45) is 5.41 Å². The van der Waals surface area contributed by atoms with E-state index in [0.29, 0.717) is 0 Å². The molecule has 0 aromatic heterocycles. The molecule has 1 aliphatic carbocycles. The van der Waals surface area contributed by atoms with Crippen LogP contribution in [-0.4, -0.2) is 45.6 Å². The minimum Gasteiger partial charge on any atom is -0.469 e. The van der Waals surface area contributed by atoms with Crippen molar-refractivity contribution in [3.8, 4) is 0 Å². The van der Waals surface area contributed by atoms with E-state index in [0.717, 1.165) is 12.8 Å². The molecular weight excluding hydrogens is 254 g/mol. The van der Waals surface area contributed by atoms with Gasteiger partial charge in [0.05, 0.1) is 24.5 Å². The Morgan fingerprint density at radius 3 is 2.33 bits per heavy atom. The Kier molecular flexibility index (Phi) is 4.78. The summed E-state index contributed by atoms with van der Waals surface area (Å²) < 4.78 is 29.2. The van der Waals surface area contributed by atoms with Gasteiger partial charge in [-0.05, 0) is 39.2 Å². The Morgan fingerprint density at radius 2 is 1.94 bits per heavy atom. The van der Waals surface area contributed by atoms with Gasteiger partial charge in [-0.2, -0.15) is 0 Å². The summed E-state index contributed by atoms with van der Waals surface area (Å²) in [5.41, 5.74) is -0.367. The number of sulfone groups is 1. The summed E-state index contributed by atoms with van der Waals surface area (Å²) in [7, 11) is -0.111. The van der Waals surface area contributed by atoms with Gasteiger partial charge >= 0.3 is 5.97 Å². The van der Waals surface area contributed by atoms with Crippen molar-refractivity contribution in [2.45, 2.75) is 44.4 Å². The second-order valence-electron chi connectivity index (χ2n) is 5.34. The summed E-state index contributed by atoms with van der Waals surface area (Å²) in [6.45, 7) is 3.56. The SMILES string of the molecule is CNC(C)C(C)S(=O)(=O)CC1(CC(=O)OC)CC1. The number of hydrogen-bond donors (Lipinski definition) is 1. The molecule has 2 atom stereocenters. The van der Waals surface area contributed by atoms with Crippen molar-refractivity contribution >= 4 is 15.8 Å². The fourth-order valence-corrected chi connectivity index (χ4v) is 4.30. The molecule has 0 heterocycles. The third-order valence-corrected chi connectivity index (χ3v) is 6.49. The second-order valence-corrected chi connectivity index (χ2v) is 7.70. The molecule has 1 rings (SSSR count). The van der Waals surface area contributed by atoms with Crippen LogP contribution in [-0.2, 0) is 19.4 Å². The molecule has 0 aliphatic heterocycles. The highest BCUT2D eigenvalue weighted by atomic mass is 32.2. The van der Waals surface area contributed by atoms with Crippen LogP contribution in [0.3, 0.4) is 0 Å². The quantitative estimate of drug-likeness (QED) is 0.695. The zero-order chi connectivity index (χ0) is 14.0. The first-order valence-electron chi connectivity index (χ1n) is 6.22. The molecule has 1 aliphatic rings. The van der Waals surface area contributed by atoms with E-state index in [9.17, 15) is 13.2 Å². The van der Waals surface area contributed by atoms with Crippen molar-refractivity contribution in [1.82, 2.24) is 5.32 Å². The van der Waals surface area contributed by atoms with Crippen molar-refractivity contribution in [2.75, 3.05) is 19.9 Å². The van der Waals surface area contributed by atoms with Crippen LogP contribution in [0.2, 0.25) is 0 Å². The maximum absolute atomic E-state index is 12.3. The normalized spacial score (nSPS) is 21.1. The topological polar surface area (TPSA) is 72.5 Å². The van der Waals surface area contributed by atoms with Gasteiger partial charge in [-0.25, -0.2) is 8.42 Å². The summed E-state index contributed by atoms with van der Waals surface area (Å²) in [6.07, 6.45) is 1.80. The molecule has 0 aromatic rings. The molecule has 0 saturated heterocycles. The molecule has 106 valence electrons. The van der Waals surface area contributed by atoms with Crippen LogP contribution in [0.5, 0.6) is 0 Å². The van der Waals surface area contributed by atoms with Gasteiger partial charge in [0.15, 0.2) is 9.84 Å². The highest BCUT2D eigenvalue weighted by Crippen LogP contribution is 2.50. The van der Waals surface area contributed by atoms with Crippen LogP contribution in [0.25, 0.3) is 0 Å². The summed E-state index contributed by atoms with van der Waals surface area (Å²) in [6, 6.07) is -0.0936. The van der Waals surface area contributed by atoms with Gasteiger partial charge in [-0.3, -0.25) is 4.79 Å². The van der Waals surface area contributed by atoms with E-state index in [4.69, 9.17) is 0 Å². The zero-order valence-electron chi connectivity index (χ0n) is 11.5. The van der Waals surface area contributed by atoms with Crippen LogP contribution >= 0.6 is 0 Å². The Bertz CT molecular complexity index is 400. The van der Waals surface area contributed by atoms with Gasteiger partial charge in [-0.1, -0.05) is 0 Å². The van der Waals surface area contributed by atoms with Crippen LogP contribution in [0.15, 0.2) is 0 Å². The Morgan fingerprint density at radius 1 is 1.39 bits per heavy atom. The van der Waals surface area contributed by atoms with Gasteiger partial charge in [0, 0.05) is 6.04 Å². The molecule has 1 saturated carbocycles. The highest BCUT2D eigenvalue weighted by Gasteiger charge is 2.49. The van der Waals surface area contributed by atoms with Crippen LogP contribution in [0.4, 0.5) is 0 Å². The van der Waals surface area contributed by atoms with Gasteiger partial charge in [-0.15, -0.1) is 0 Å². The van der Waals surface area contributed by atoms with Gasteiger partial charge in [0.25, 0.3) is 0 Å². The molecule has 0 radical (unpaired) electrons. The van der Waals surface area contributed by atoms with Crippen molar-refractivity contribution < 1.29 is 17.9 Å². The van der Waals surface area contributed by atoms with Crippen LogP contribution in [0.1, 0.15) is 33.1 Å². The average molecular weight is 277 g/mol. The molecule has 6 heteroatoms. The summed E-state index contributed by atoms with van der Waals surface area (Å²) in [5.74, 6) is -0.237. The number of ether oxygens (including phenoxy) is 1. The number of esters is 1. The second kappa shape index (κ2) is 5.57. The van der Waals surface area contributed by atoms with E-state index in [1.807, 2.05) is 6.92 Å². The third-order valence-electron chi connectivity index (χ3n) is 3.94. The average Bonchev–Trinajstić information content (AvgIpc) is 3.05. The lowest BCUT2D eigenvalue weighted by Crippen LogP contribution is -2.41. The Hall–Kier alpha value is -0.620. The minimum absolute atomic E-state index is 0.0856. The number of nitrogens with one attached hydrogen (secondary N) is 1. The predicted molar refractivity (Wildman–Crippen MR) is 70.1 cm³/mol. The van der Waals surface area contributed by atoms with Crippen LogP contribution in [0, 0.1) is 5.41 Å². The molecule has 0 amide bonds. The maximum atomic E-state index is 12.3. The molecule has 1 fully saturated rings. The fraction of sp³-hybridized carbons (Fsp3) is 0.917. The van der Waals surface area contributed by atoms with Gasteiger partial charge in [0.1, 0.15) is 0 Å². The largest absolute Gasteiger partial charge is 0.469 e. The lowest BCUT2D eigenvalue weighted by Gasteiger charge is -2.22. The predicted octanol–water partition coefficient (Wildman–Crippen LogP) is 0.741. The Labute approximate surface area is 109 Å². The maximum Gasteiger partial charge on any atom is 0.306 e. The number of carbonyl (C=O) groups is 1. The van der Waals surface area contributed by atoms with Crippen molar-refractivity contribution in [3.05, 3.63) is 0 Å². The van der Waals surface area contributed by atoms with E-state index in [2.05, 4.69) is 10.1 Å². The van der Waals surface area contributed by atoms with E-state index in [1.165, 1.54) is 7.11 Å². The lowest BCUT2D eigenvalue weighted by molar-refractivity contribution is -0.141. The number of carbonyl (C=O) groups excluding carboxylic acids is 1. The molecule has 2 unspecified atom stereocenters. The third kappa shape index (κ3) is 3.68. The van der Waals surface area contributed by atoms with E-state index in [-0.39, 0.29) is 29.6 Å². The lowest BCUT2D eigenvalue weighted by atomic mass is 10.1. The monoisotopic (exact) mass is 277 g/mol. The first kappa shape index (κ1) is 15.4. The first-order chi connectivity index (χ1) is 8.26. The van der Waals surface area contributed by atoms with Crippen molar-refractivity contribution in [1.29, 1.82) is 0 Å². The number of methoxy groups -OCH3 is 1. The standard InChI is InChI=1S/C12H23NO4S/c1-9(13-3)10(2)18(15,16)8-12(5-6-12)7-11(14)17-4/h9-10,13H,5-8H2,1-4H3. The minimum atomic E-state index is -3.19. The molecule has 1 N–H and O–H groups in total. The first-order valence-corrected chi connectivity index (χ1v) is 7.93. The Balaban J connectivity index is 2.69. The van der Waals surface area contributed by atoms with E-state index < -0.39 is 15.1 Å². The highest BCUT2D eigenvalue weighted by molar-refractivity contribution is 7.92.